The molecule has 4 aromatic rings. The van der Waals surface area contributed by atoms with Gasteiger partial charge in [-0.25, -0.2) is 9.36 Å². The zero-order valence-electron chi connectivity index (χ0n) is 19.0. The van der Waals surface area contributed by atoms with Crippen LogP contribution >= 0.6 is 0 Å². The number of amides is 1. The van der Waals surface area contributed by atoms with Crippen LogP contribution in [-0.4, -0.2) is 25.5 Å². The zero-order valence-corrected chi connectivity index (χ0v) is 19.0. The van der Waals surface area contributed by atoms with Gasteiger partial charge in [0.2, 0.25) is 5.91 Å². The lowest BCUT2D eigenvalue weighted by molar-refractivity contribution is -0.119. The Morgan fingerprint density at radius 1 is 0.969 bits per heavy atom. The normalized spacial score (nSPS) is 12.2. The zero-order chi connectivity index (χ0) is 23.0. The van der Waals surface area contributed by atoms with Crippen LogP contribution in [-0.2, 0) is 4.79 Å². The van der Waals surface area contributed by atoms with Gasteiger partial charge in [-0.05, 0) is 57.4 Å². The molecule has 164 valence electrons. The quantitative estimate of drug-likeness (QED) is 0.510. The molecule has 7 nitrogen and oxygen atoms in total. The van der Waals surface area contributed by atoms with Gasteiger partial charge in [-0.3, -0.25) is 9.59 Å². The van der Waals surface area contributed by atoms with Crippen molar-refractivity contribution in [3.05, 3.63) is 81.4 Å². The van der Waals surface area contributed by atoms with Gasteiger partial charge < -0.3 is 5.32 Å². The van der Waals surface area contributed by atoms with Gasteiger partial charge in [-0.1, -0.05) is 43.3 Å². The number of nitrogens with one attached hydrogen (secondary N) is 1. The molecule has 32 heavy (non-hydrogen) atoms. The molecule has 1 N–H and O–H groups in total. The first kappa shape index (κ1) is 21.5. The molecule has 2 aromatic heterocycles. The summed E-state index contributed by atoms with van der Waals surface area (Å²) < 4.78 is 3.06. The maximum atomic E-state index is 13.5. The number of para-hydroxylation sites is 2. The average Bonchev–Trinajstić information content (AvgIpc) is 3.13. The van der Waals surface area contributed by atoms with Crippen molar-refractivity contribution in [1.82, 2.24) is 19.6 Å². The van der Waals surface area contributed by atoms with Gasteiger partial charge in [0.25, 0.3) is 5.56 Å². The molecule has 7 heteroatoms. The highest BCUT2D eigenvalue weighted by Crippen LogP contribution is 2.24. The maximum absolute atomic E-state index is 13.5. The van der Waals surface area contributed by atoms with Gasteiger partial charge in [0.1, 0.15) is 11.6 Å². The summed E-state index contributed by atoms with van der Waals surface area (Å²) in [5, 5.41) is 12.6. The number of carbonyl (C=O) groups excluding carboxylic acids is 1. The molecule has 0 radical (unpaired) electrons. The van der Waals surface area contributed by atoms with Crippen molar-refractivity contribution in [2.24, 2.45) is 0 Å². The Morgan fingerprint density at radius 2 is 1.62 bits per heavy atom. The van der Waals surface area contributed by atoms with Crippen molar-refractivity contribution in [2.75, 3.05) is 5.32 Å². The first-order chi connectivity index (χ1) is 15.3. The van der Waals surface area contributed by atoms with Crippen molar-refractivity contribution in [1.29, 1.82) is 0 Å². The lowest BCUT2D eigenvalue weighted by atomic mass is 10.1. The second-order valence-corrected chi connectivity index (χ2v) is 8.07. The summed E-state index contributed by atoms with van der Waals surface area (Å²) >= 11 is 0. The summed E-state index contributed by atoms with van der Waals surface area (Å²) in [6.45, 7) is 9.46. The number of hydrogen-bond acceptors (Lipinski definition) is 4. The third-order valence-corrected chi connectivity index (χ3v) is 5.85. The molecule has 4 rings (SSSR count). The summed E-state index contributed by atoms with van der Waals surface area (Å²) in [4.78, 5) is 26.7. The monoisotopic (exact) mass is 429 g/mol. The highest BCUT2D eigenvalue weighted by molar-refractivity contribution is 5.95. The van der Waals surface area contributed by atoms with Crippen molar-refractivity contribution < 1.29 is 4.79 Å². The standard InChI is InChI=1S/C25H27N5O2/c1-6-20(24(31)26-22-15(2)11-10-12-16(22)3)30-25(32)21-18(5)29(19-13-8-7-9-14-19)28-23(21)17(4)27-30/h7-14,20H,6H2,1-5H3,(H,26,31)/t20-/m1/s1. The summed E-state index contributed by atoms with van der Waals surface area (Å²) in [6, 6.07) is 14.8. The minimum absolute atomic E-state index is 0.258. The number of rotatable bonds is 5. The predicted molar refractivity (Wildman–Crippen MR) is 126 cm³/mol. The largest absolute Gasteiger partial charge is 0.324 e. The van der Waals surface area contributed by atoms with Crippen LogP contribution in [0.3, 0.4) is 0 Å². The topological polar surface area (TPSA) is 81.8 Å². The fourth-order valence-corrected chi connectivity index (χ4v) is 4.10. The van der Waals surface area contributed by atoms with Crippen LogP contribution in [0.5, 0.6) is 0 Å². The van der Waals surface area contributed by atoms with E-state index in [-0.39, 0.29) is 11.5 Å². The van der Waals surface area contributed by atoms with E-state index in [2.05, 4.69) is 15.5 Å². The molecule has 1 amide bonds. The van der Waals surface area contributed by atoms with Crippen molar-refractivity contribution in [3.8, 4) is 5.69 Å². The van der Waals surface area contributed by atoms with E-state index in [9.17, 15) is 9.59 Å². The van der Waals surface area contributed by atoms with Gasteiger partial charge in [0, 0.05) is 5.69 Å². The Balaban J connectivity index is 1.81. The van der Waals surface area contributed by atoms with Crippen LogP contribution in [0.1, 0.15) is 41.9 Å². The Kier molecular flexibility index (Phi) is 5.65. The first-order valence-corrected chi connectivity index (χ1v) is 10.7. The van der Waals surface area contributed by atoms with Crippen LogP contribution in [0.2, 0.25) is 0 Å². The van der Waals surface area contributed by atoms with E-state index in [1.54, 1.807) is 4.68 Å². The second kappa shape index (κ2) is 8.42. The molecule has 0 aliphatic rings. The lowest BCUT2D eigenvalue weighted by Gasteiger charge is -2.19. The number of aromatic nitrogens is 4. The number of carbonyl (C=O) groups is 1. The number of nitrogens with zero attached hydrogens (tertiary/aromatic N) is 4. The minimum atomic E-state index is -0.732. The van der Waals surface area contributed by atoms with Gasteiger partial charge in [-0.2, -0.15) is 10.2 Å². The van der Waals surface area contributed by atoms with Gasteiger partial charge >= 0.3 is 0 Å². The first-order valence-electron chi connectivity index (χ1n) is 10.7. The van der Waals surface area contributed by atoms with Crippen LogP contribution in [0.25, 0.3) is 16.6 Å². The molecular formula is C25H27N5O2. The molecule has 0 aliphatic heterocycles. The summed E-state index contributed by atoms with van der Waals surface area (Å²) in [6.07, 6.45) is 0.431. The Bertz CT molecular complexity index is 1350. The third kappa shape index (κ3) is 3.60. The number of fused-ring (bicyclic) bond motifs is 1. The Labute approximate surface area is 186 Å². The molecule has 0 unspecified atom stereocenters. The van der Waals surface area contributed by atoms with Gasteiger partial charge in [0.15, 0.2) is 0 Å². The summed E-state index contributed by atoms with van der Waals surface area (Å²) in [5.74, 6) is -0.258. The Morgan fingerprint density at radius 3 is 2.25 bits per heavy atom. The molecule has 0 aliphatic carbocycles. The van der Waals surface area contributed by atoms with Crippen LogP contribution in [0.4, 0.5) is 5.69 Å². The van der Waals surface area contributed by atoms with E-state index in [0.717, 1.165) is 28.2 Å². The summed E-state index contributed by atoms with van der Waals surface area (Å²) in [5.41, 5.74) is 5.16. The number of hydrogen-bond donors (Lipinski definition) is 1. The highest BCUT2D eigenvalue weighted by atomic mass is 16.2. The van der Waals surface area contributed by atoms with Gasteiger partial charge in [-0.15, -0.1) is 0 Å². The predicted octanol–water partition coefficient (Wildman–Crippen LogP) is 4.41. The Hall–Kier alpha value is -3.74. The van der Waals surface area contributed by atoms with E-state index in [4.69, 9.17) is 0 Å². The lowest BCUT2D eigenvalue weighted by Crippen LogP contribution is -2.35. The third-order valence-electron chi connectivity index (χ3n) is 5.85. The molecular weight excluding hydrogens is 402 g/mol. The molecule has 0 spiro atoms. The number of benzene rings is 2. The minimum Gasteiger partial charge on any atom is -0.324 e. The van der Waals surface area contributed by atoms with Crippen molar-refractivity contribution in [3.63, 3.8) is 0 Å². The molecule has 0 bridgehead atoms. The fraction of sp³-hybridized carbons (Fsp3) is 0.280. The van der Waals surface area contributed by atoms with Crippen molar-refractivity contribution >= 4 is 22.5 Å². The number of aryl methyl sites for hydroxylation is 4. The number of anilines is 1. The molecule has 0 saturated heterocycles. The average molecular weight is 430 g/mol. The molecule has 2 aromatic carbocycles. The van der Waals surface area contributed by atoms with E-state index in [1.807, 2.05) is 83.1 Å². The highest BCUT2D eigenvalue weighted by Gasteiger charge is 2.26. The van der Waals surface area contributed by atoms with E-state index < -0.39 is 6.04 Å². The van der Waals surface area contributed by atoms with E-state index in [0.29, 0.717) is 23.0 Å². The van der Waals surface area contributed by atoms with Crippen LogP contribution in [0.15, 0.2) is 53.3 Å². The maximum Gasteiger partial charge on any atom is 0.278 e. The smallest absolute Gasteiger partial charge is 0.278 e. The SMILES string of the molecule is CC[C@H](C(=O)Nc1c(C)cccc1C)n1nc(C)c2nn(-c3ccccc3)c(C)c2c1=O. The second-order valence-electron chi connectivity index (χ2n) is 8.07. The molecule has 0 saturated carbocycles. The van der Waals surface area contributed by atoms with Crippen LogP contribution in [0, 0.1) is 27.7 Å². The van der Waals surface area contributed by atoms with Crippen molar-refractivity contribution in [2.45, 2.75) is 47.1 Å². The molecule has 1 atom stereocenters. The van der Waals surface area contributed by atoms with E-state index >= 15 is 0 Å². The van der Waals surface area contributed by atoms with Gasteiger partial charge in [0.05, 0.1) is 22.5 Å². The molecule has 0 fully saturated rings. The fourth-order valence-electron chi connectivity index (χ4n) is 4.10. The molecule has 2 heterocycles. The van der Waals surface area contributed by atoms with Crippen LogP contribution < -0.4 is 10.9 Å². The van der Waals surface area contributed by atoms with E-state index in [1.165, 1.54) is 4.68 Å². The summed E-state index contributed by atoms with van der Waals surface area (Å²) in [7, 11) is 0.